The molecule has 1 N–H and O–H groups in total. The Morgan fingerprint density at radius 1 is 1.38 bits per heavy atom. The Labute approximate surface area is 94.7 Å². The van der Waals surface area contributed by atoms with Crippen molar-refractivity contribution >= 4 is 10.9 Å². The second-order valence-corrected chi connectivity index (χ2v) is 5.04. The van der Waals surface area contributed by atoms with Crippen LogP contribution in [0.4, 0.5) is 4.39 Å². The molecular formula is C14H16FN. The fraction of sp³-hybridized carbons (Fsp3) is 0.429. The van der Waals surface area contributed by atoms with E-state index < -0.39 is 0 Å². The first-order valence-electron chi connectivity index (χ1n) is 5.95. The maximum absolute atomic E-state index is 13.7. The Balaban J connectivity index is 2.33. The quantitative estimate of drug-likeness (QED) is 0.692. The number of rotatable bonds is 0. The third-order valence-electron chi connectivity index (χ3n) is 3.74. The van der Waals surface area contributed by atoms with Crippen LogP contribution in [0.3, 0.4) is 0 Å². The molecule has 0 unspecified atom stereocenters. The molecule has 0 amide bonds. The molecule has 0 bridgehead atoms. The van der Waals surface area contributed by atoms with Gasteiger partial charge in [-0.05, 0) is 49.3 Å². The smallest absolute Gasteiger partial charge is 0.147 e. The molecule has 0 radical (unpaired) electrons. The van der Waals surface area contributed by atoms with E-state index in [0.29, 0.717) is 11.4 Å². The van der Waals surface area contributed by atoms with Crippen molar-refractivity contribution < 1.29 is 4.39 Å². The Morgan fingerprint density at radius 2 is 2.19 bits per heavy atom. The lowest BCUT2D eigenvalue weighted by Crippen LogP contribution is -2.10. The van der Waals surface area contributed by atoms with Crippen LogP contribution in [0.5, 0.6) is 0 Å². The molecular weight excluding hydrogens is 201 g/mol. The summed E-state index contributed by atoms with van der Waals surface area (Å²) in [5.41, 5.74) is 4.50. The molecule has 1 aromatic carbocycles. The number of aromatic amines is 1. The van der Waals surface area contributed by atoms with Crippen LogP contribution in [0.1, 0.15) is 30.2 Å². The SMILES string of the molecule is Cc1ccc(F)c2[nH]c3c(c12)CC[C@H](C)C3. The van der Waals surface area contributed by atoms with Gasteiger partial charge in [0.2, 0.25) is 0 Å². The van der Waals surface area contributed by atoms with Crippen LogP contribution in [-0.2, 0) is 12.8 Å². The van der Waals surface area contributed by atoms with E-state index in [1.165, 1.54) is 23.2 Å². The van der Waals surface area contributed by atoms with E-state index >= 15 is 0 Å². The molecule has 0 fully saturated rings. The first kappa shape index (κ1) is 9.88. The number of nitrogens with one attached hydrogen (secondary N) is 1. The average Bonchev–Trinajstić information content (AvgIpc) is 2.63. The highest BCUT2D eigenvalue weighted by molar-refractivity contribution is 5.88. The van der Waals surface area contributed by atoms with Crippen molar-refractivity contribution in [1.82, 2.24) is 4.98 Å². The topological polar surface area (TPSA) is 15.8 Å². The number of hydrogen-bond donors (Lipinski definition) is 1. The van der Waals surface area contributed by atoms with E-state index in [-0.39, 0.29) is 5.82 Å². The van der Waals surface area contributed by atoms with Gasteiger partial charge in [-0.15, -0.1) is 0 Å². The van der Waals surface area contributed by atoms with Gasteiger partial charge in [-0.3, -0.25) is 0 Å². The molecule has 2 heteroatoms. The minimum atomic E-state index is -0.123. The number of hydrogen-bond acceptors (Lipinski definition) is 0. The zero-order valence-electron chi connectivity index (χ0n) is 9.73. The van der Waals surface area contributed by atoms with Crippen molar-refractivity contribution in [3.05, 3.63) is 34.8 Å². The molecule has 1 aliphatic carbocycles. The fourth-order valence-corrected chi connectivity index (χ4v) is 2.86. The van der Waals surface area contributed by atoms with Crippen molar-refractivity contribution in [2.24, 2.45) is 5.92 Å². The molecule has 0 saturated heterocycles. The summed E-state index contributed by atoms with van der Waals surface area (Å²) < 4.78 is 13.7. The summed E-state index contributed by atoms with van der Waals surface area (Å²) in [6.07, 6.45) is 3.36. The Bertz CT molecular complexity index is 553. The van der Waals surface area contributed by atoms with Crippen molar-refractivity contribution in [2.45, 2.75) is 33.1 Å². The Hall–Kier alpha value is -1.31. The summed E-state index contributed by atoms with van der Waals surface area (Å²) in [7, 11) is 0. The van der Waals surface area contributed by atoms with Gasteiger partial charge in [0.15, 0.2) is 0 Å². The van der Waals surface area contributed by atoms with Crippen LogP contribution < -0.4 is 0 Å². The summed E-state index contributed by atoms with van der Waals surface area (Å²) in [5, 5.41) is 1.13. The molecule has 1 heterocycles. The van der Waals surface area contributed by atoms with Gasteiger partial charge in [-0.25, -0.2) is 4.39 Å². The molecule has 0 aliphatic heterocycles. The summed E-state index contributed by atoms with van der Waals surface area (Å²) in [4.78, 5) is 3.28. The van der Waals surface area contributed by atoms with Gasteiger partial charge in [0.25, 0.3) is 0 Å². The number of aryl methyl sites for hydroxylation is 2. The highest BCUT2D eigenvalue weighted by Crippen LogP contribution is 2.34. The zero-order chi connectivity index (χ0) is 11.3. The number of benzene rings is 1. The van der Waals surface area contributed by atoms with Crippen LogP contribution in [0.2, 0.25) is 0 Å². The molecule has 0 spiro atoms. The van der Waals surface area contributed by atoms with Crippen LogP contribution in [0.25, 0.3) is 10.9 Å². The summed E-state index contributed by atoms with van der Waals surface area (Å²) in [5.74, 6) is 0.589. The van der Waals surface area contributed by atoms with Crippen LogP contribution in [0.15, 0.2) is 12.1 Å². The predicted octanol–water partition coefficient (Wildman–Crippen LogP) is 3.74. The summed E-state index contributed by atoms with van der Waals surface area (Å²) in [6, 6.07) is 3.44. The van der Waals surface area contributed by atoms with Gasteiger partial charge in [0.1, 0.15) is 5.82 Å². The van der Waals surface area contributed by atoms with Gasteiger partial charge in [0.05, 0.1) is 5.52 Å². The number of halogens is 1. The maximum Gasteiger partial charge on any atom is 0.147 e. The highest BCUT2D eigenvalue weighted by atomic mass is 19.1. The van der Waals surface area contributed by atoms with E-state index in [0.717, 1.165) is 18.2 Å². The van der Waals surface area contributed by atoms with E-state index in [9.17, 15) is 4.39 Å². The molecule has 3 rings (SSSR count). The lowest BCUT2D eigenvalue weighted by atomic mass is 9.87. The van der Waals surface area contributed by atoms with Crippen LogP contribution >= 0.6 is 0 Å². The molecule has 16 heavy (non-hydrogen) atoms. The van der Waals surface area contributed by atoms with E-state index in [1.54, 1.807) is 6.07 Å². The average molecular weight is 217 g/mol. The predicted molar refractivity (Wildman–Crippen MR) is 64.2 cm³/mol. The molecule has 2 aromatic rings. The fourth-order valence-electron chi connectivity index (χ4n) is 2.86. The molecule has 1 nitrogen and oxygen atoms in total. The maximum atomic E-state index is 13.7. The van der Waals surface area contributed by atoms with Crippen molar-refractivity contribution in [1.29, 1.82) is 0 Å². The molecule has 0 saturated carbocycles. The number of H-pyrrole nitrogens is 1. The highest BCUT2D eigenvalue weighted by Gasteiger charge is 2.21. The third-order valence-corrected chi connectivity index (χ3v) is 3.74. The van der Waals surface area contributed by atoms with Gasteiger partial charge in [-0.2, -0.15) is 0 Å². The standard InChI is InChI=1S/C14H16FN/c1-8-3-5-10-12(7-8)16-14-11(15)6-4-9(2)13(10)14/h4,6,8,16H,3,5,7H2,1-2H3/t8-/m0/s1. The van der Waals surface area contributed by atoms with Crippen molar-refractivity contribution in [3.63, 3.8) is 0 Å². The third kappa shape index (κ3) is 1.29. The number of fused-ring (bicyclic) bond motifs is 3. The van der Waals surface area contributed by atoms with Crippen molar-refractivity contribution in [3.8, 4) is 0 Å². The largest absolute Gasteiger partial charge is 0.356 e. The Morgan fingerprint density at radius 3 is 3.00 bits per heavy atom. The van der Waals surface area contributed by atoms with Gasteiger partial charge >= 0.3 is 0 Å². The Kier molecular flexibility index (Phi) is 2.06. The molecule has 1 aromatic heterocycles. The second kappa shape index (κ2) is 3.34. The van der Waals surface area contributed by atoms with Crippen LogP contribution in [-0.4, -0.2) is 4.98 Å². The monoisotopic (exact) mass is 217 g/mol. The lowest BCUT2D eigenvalue weighted by molar-refractivity contribution is 0.497. The second-order valence-electron chi connectivity index (χ2n) is 5.04. The van der Waals surface area contributed by atoms with E-state index in [2.05, 4.69) is 18.8 Å². The zero-order valence-corrected chi connectivity index (χ0v) is 9.73. The first-order chi connectivity index (χ1) is 7.66. The van der Waals surface area contributed by atoms with E-state index in [4.69, 9.17) is 0 Å². The lowest BCUT2D eigenvalue weighted by Gasteiger charge is -2.18. The van der Waals surface area contributed by atoms with Gasteiger partial charge in [-0.1, -0.05) is 13.0 Å². The number of aromatic nitrogens is 1. The van der Waals surface area contributed by atoms with E-state index in [1.807, 2.05) is 6.07 Å². The summed E-state index contributed by atoms with van der Waals surface area (Å²) >= 11 is 0. The summed E-state index contributed by atoms with van der Waals surface area (Å²) in [6.45, 7) is 4.32. The van der Waals surface area contributed by atoms with Crippen LogP contribution in [0, 0.1) is 18.7 Å². The minimum Gasteiger partial charge on any atom is -0.356 e. The van der Waals surface area contributed by atoms with Gasteiger partial charge in [0, 0.05) is 11.1 Å². The molecule has 1 atom stereocenters. The molecule has 84 valence electrons. The molecule has 1 aliphatic rings. The minimum absolute atomic E-state index is 0.123. The van der Waals surface area contributed by atoms with Crippen molar-refractivity contribution in [2.75, 3.05) is 0 Å². The normalized spacial score (nSPS) is 20.1. The first-order valence-corrected chi connectivity index (χ1v) is 5.95. The van der Waals surface area contributed by atoms with Gasteiger partial charge < -0.3 is 4.98 Å².